The Labute approximate surface area is 82.2 Å². The van der Waals surface area contributed by atoms with E-state index in [0.717, 1.165) is 22.7 Å². The van der Waals surface area contributed by atoms with Crippen LogP contribution in [0.25, 0.3) is 5.65 Å². The van der Waals surface area contributed by atoms with Crippen molar-refractivity contribution in [2.45, 2.75) is 20.3 Å². The van der Waals surface area contributed by atoms with E-state index in [1.54, 1.807) is 0 Å². The summed E-state index contributed by atoms with van der Waals surface area (Å²) in [5, 5.41) is 8.80. The third kappa shape index (κ3) is 1.48. The zero-order valence-electron chi connectivity index (χ0n) is 8.36. The summed E-state index contributed by atoms with van der Waals surface area (Å²) in [6.45, 7) is 4.03. The zero-order valence-corrected chi connectivity index (χ0v) is 8.36. The number of hydrogen-bond donors (Lipinski definition) is 1. The van der Waals surface area contributed by atoms with Crippen LogP contribution in [0.3, 0.4) is 0 Å². The second kappa shape index (κ2) is 3.38. The van der Waals surface area contributed by atoms with Crippen molar-refractivity contribution in [2.75, 3.05) is 6.61 Å². The SMILES string of the molecule is Cc1cn2cc(CCO)nc2c(C)n1. The second-order valence-corrected chi connectivity index (χ2v) is 3.40. The molecule has 1 N–H and O–H groups in total. The summed E-state index contributed by atoms with van der Waals surface area (Å²) in [5.74, 6) is 0. The van der Waals surface area contributed by atoms with Gasteiger partial charge in [0.15, 0.2) is 5.65 Å². The predicted octanol–water partition coefficient (Wildman–Crippen LogP) is 0.881. The molecule has 2 heterocycles. The smallest absolute Gasteiger partial charge is 0.158 e. The van der Waals surface area contributed by atoms with Crippen molar-refractivity contribution >= 4 is 5.65 Å². The summed E-state index contributed by atoms with van der Waals surface area (Å²) in [6, 6.07) is 0. The molecule has 0 amide bonds. The summed E-state index contributed by atoms with van der Waals surface area (Å²) in [4.78, 5) is 8.71. The fraction of sp³-hybridized carbons (Fsp3) is 0.400. The molecule has 4 heteroatoms. The fourth-order valence-corrected chi connectivity index (χ4v) is 1.59. The summed E-state index contributed by atoms with van der Waals surface area (Å²) in [6.07, 6.45) is 4.48. The van der Waals surface area contributed by atoms with Gasteiger partial charge in [-0.05, 0) is 13.8 Å². The Morgan fingerprint density at radius 2 is 2.07 bits per heavy atom. The van der Waals surface area contributed by atoms with E-state index in [9.17, 15) is 0 Å². The molecular weight excluding hydrogens is 178 g/mol. The van der Waals surface area contributed by atoms with E-state index in [-0.39, 0.29) is 6.61 Å². The van der Waals surface area contributed by atoms with E-state index < -0.39 is 0 Å². The molecule has 4 nitrogen and oxygen atoms in total. The molecule has 0 fully saturated rings. The third-order valence-electron chi connectivity index (χ3n) is 2.14. The molecule has 0 atom stereocenters. The predicted molar refractivity (Wildman–Crippen MR) is 53.3 cm³/mol. The zero-order chi connectivity index (χ0) is 10.1. The molecule has 2 aromatic heterocycles. The monoisotopic (exact) mass is 191 g/mol. The van der Waals surface area contributed by atoms with Crippen LogP contribution in [0.2, 0.25) is 0 Å². The standard InChI is InChI=1S/C10H13N3O/c1-7-5-13-6-9(3-4-14)12-10(13)8(2)11-7/h5-6,14H,3-4H2,1-2H3. The average Bonchev–Trinajstić information content (AvgIpc) is 2.48. The van der Waals surface area contributed by atoms with Gasteiger partial charge in [0.2, 0.25) is 0 Å². The lowest BCUT2D eigenvalue weighted by Gasteiger charge is -1.98. The van der Waals surface area contributed by atoms with Gasteiger partial charge in [-0.25, -0.2) is 4.98 Å². The molecule has 0 radical (unpaired) electrons. The first-order chi connectivity index (χ1) is 6.70. The number of aromatic nitrogens is 3. The number of rotatable bonds is 2. The molecule has 2 rings (SSSR count). The van der Waals surface area contributed by atoms with Crippen LogP contribution in [0.4, 0.5) is 0 Å². The average molecular weight is 191 g/mol. The molecule has 0 saturated carbocycles. The van der Waals surface area contributed by atoms with Crippen molar-refractivity contribution in [2.24, 2.45) is 0 Å². The molecule has 2 aromatic rings. The van der Waals surface area contributed by atoms with Crippen LogP contribution in [0.5, 0.6) is 0 Å². The van der Waals surface area contributed by atoms with Crippen molar-refractivity contribution in [1.29, 1.82) is 0 Å². The van der Waals surface area contributed by atoms with Gasteiger partial charge in [0.25, 0.3) is 0 Å². The minimum atomic E-state index is 0.134. The first-order valence-electron chi connectivity index (χ1n) is 4.63. The summed E-state index contributed by atoms with van der Waals surface area (Å²) < 4.78 is 1.96. The van der Waals surface area contributed by atoms with Gasteiger partial charge in [0, 0.05) is 25.4 Å². The third-order valence-corrected chi connectivity index (χ3v) is 2.14. The molecule has 0 aliphatic carbocycles. The van der Waals surface area contributed by atoms with E-state index in [0.29, 0.717) is 6.42 Å². The summed E-state index contributed by atoms with van der Waals surface area (Å²) >= 11 is 0. The number of imidazole rings is 1. The minimum absolute atomic E-state index is 0.134. The Bertz CT molecular complexity index is 462. The largest absolute Gasteiger partial charge is 0.396 e. The number of aliphatic hydroxyl groups excluding tert-OH is 1. The highest BCUT2D eigenvalue weighted by atomic mass is 16.3. The maximum absolute atomic E-state index is 8.80. The molecule has 0 aromatic carbocycles. The number of nitrogens with zero attached hydrogens (tertiary/aromatic N) is 3. The van der Waals surface area contributed by atoms with Crippen molar-refractivity contribution in [3.63, 3.8) is 0 Å². The molecule has 0 aliphatic heterocycles. The van der Waals surface area contributed by atoms with E-state index in [4.69, 9.17) is 5.11 Å². The molecule has 0 spiro atoms. The van der Waals surface area contributed by atoms with Gasteiger partial charge in [0.1, 0.15) is 0 Å². The fourth-order valence-electron chi connectivity index (χ4n) is 1.59. The van der Waals surface area contributed by atoms with Gasteiger partial charge >= 0.3 is 0 Å². The van der Waals surface area contributed by atoms with Crippen LogP contribution in [0, 0.1) is 13.8 Å². The topological polar surface area (TPSA) is 50.4 Å². The van der Waals surface area contributed by atoms with Crippen LogP contribution in [-0.2, 0) is 6.42 Å². The Balaban J connectivity index is 2.58. The van der Waals surface area contributed by atoms with Crippen LogP contribution >= 0.6 is 0 Å². The van der Waals surface area contributed by atoms with E-state index in [1.807, 2.05) is 30.6 Å². The van der Waals surface area contributed by atoms with Gasteiger partial charge in [0.05, 0.1) is 17.1 Å². The van der Waals surface area contributed by atoms with Gasteiger partial charge in [-0.2, -0.15) is 0 Å². The number of fused-ring (bicyclic) bond motifs is 1. The van der Waals surface area contributed by atoms with Crippen LogP contribution in [-0.4, -0.2) is 26.1 Å². The highest BCUT2D eigenvalue weighted by molar-refractivity contribution is 5.44. The lowest BCUT2D eigenvalue weighted by atomic mass is 10.3. The van der Waals surface area contributed by atoms with Gasteiger partial charge < -0.3 is 9.51 Å². The first-order valence-corrected chi connectivity index (χ1v) is 4.63. The molecule has 0 unspecified atom stereocenters. The maximum Gasteiger partial charge on any atom is 0.158 e. The Kier molecular flexibility index (Phi) is 2.21. The Morgan fingerprint density at radius 3 is 2.79 bits per heavy atom. The highest BCUT2D eigenvalue weighted by Crippen LogP contribution is 2.09. The van der Waals surface area contributed by atoms with Crippen molar-refractivity contribution in [3.05, 3.63) is 29.5 Å². The molecule has 74 valence electrons. The molecule has 14 heavy (non-hydrogen) atoms. The summed E-state index contributed by atoms with van der Waals surface area (Å²) in [7, 11) is 0. The second-order valence-electron chi connectivity index (χ2n) is 3.40. The van der Waals surface area contributed by atoms with Gasteiger partial charge in [-0.1, -0.05) is 0 Å². The Hall–Kier alpha value is -1.42. The van der Waals surface area contributed by atoms with Crippen molar-refractivity contribution < 1.29 is 5.11 Å². The van der Waals surface area contributed by atoms with Gasteiger partial charge in [-0.3, -0.25) is 4.98 Å². The van der Waals surface area contributed by atoms with Crippen molar-refractivity contribution in [3.8, 4) is 0 Å². The first kappa shape index (κ1) is 9.15. The minimum Gasteiger partial charge on any atom is -0.396 e. The normalized spacial score (nSPS) is 11.1. The highest BCUT2D eigenvalue weighted by Gasteiger charge is 2.04. The number of aliphatic hydroxyl groups is 1. The molecule has 0 bridgehead atoms. The molecule has 0 saturated heterocycles. The van der Waals surface area contributed by atoms with Crippen LogP contribution < -0.4 is 0 Å². The lowest BCUT2D eigenvalue weighted by Crippen LogP contribution is -1.93. The van der Waals surface area contributed by atoms with Crippen molar-refractivity contribution in [1.82, 2.24) is 14.4 Å². The van der Waals surface area contributed by atoms with Crippen LogP contribution in [0.15, 0.2) is 12.4 Å². The maximum atomic E-state index is 8.80. The van der Waals surface area contributed by atoms with Gasteiger partial charge in [-0.15, -0.1) is 0 Å². The summed E-state index contributed by atoms with van der Waals surface area (Å²) in [5.41, 5.74) is 3.68. The number of aryl methyl sites for hydroxylation is 2. The number of hydrogen-bond acceptors (Lipinski definition) is 3. The quantitative estimate of drug-likeness (QED) is 0.766. The Morgan fingerprint density at radius 1 is 1.29 bits per heavy atom. The molecule has 0 aliphatic rings. The van der Waals surface area contributed by atoms with E-state index in [1.165, 1.54) is 0 Å². The van der Waals surface area contributed by atoms with E-state index >= 15 is 0 Å². The lowest BCUT2D eigenvalue weighted by molar-refractivity contribution is 0.298. The van der Waals surface area contributed by atoms with Crippen LogP contribution in [0.1, 0.15) is 17.1 Å². The van der Waals surface area contributed by atoms with E-state index in [2.05, 4.69) is 9.97 Å². The molecular formula is C10H13N3O.